The molecule has 86 valence electrons. The highest BCUT2D eigenvalue weighted by atomic mass is 19.1. The molecule has 0 bridgehead atoms. The lowest BCUT2D eigenvalue weighted by atomic mass is 9.88. The van der Waals surface area contributed by atoms with E-state index in [1.165, 1.54) is 12.1 Å². The van der Waals surface area contributed by atoms with Gasteiger partial charge in [-0.25, -0.2) is 4.39 Å². The molecule has 1 aromatic rings. The van der Waals surface area contributed by atoms with Crippen LogP contribution >= 0.6 is 0 Å². The minimum Gasteiger partial charge on any atom is -0.364 e. The van der Waals surface area contributed by atoms with Crippen LogP contribution in [0, 0.1) is 5.82 Å². The van der Waals surface area contributed by atoms with E-state index in [-0.39, 0.29) is 17.3 Å². The van der Waals surface area contributed by atoms with Crippen LogP contribution in [-0.4, -0.2) is 18.0 Å². The molecular formula is C13H15FO2. The molecule has 2 rings (SSSR count). The molecule has 0 aromatic heterocycles. The molecule has 16 heavy (non-hydrogen) atoms. The fourth-order valence-corrected chi connectivity index (χ4v) is 2.28. The number of carbonyl (C=O) groups is 1. The van der Waals surface area contributed by atoms with E-state index >= 15 is 0 Å². The van der Waals surface area contributed by atoms with Crippen LogP contribution in [-0.2, 0) is 9.53 Å². The van der Waals surface area contributed by atoms with E-state index in [9.17, 15) is 9.18 Å². The zero-order chi connectivity index (χ0) is 11.8. The fourth-order valence-electron chi connectivity index (χ4n) is 2.28. The second-order valence-electron chi connectivity index (χ2n) is 4.84. The predicted octanol–water partition coefficient (Wildman–Crippen LogP) is 2.68. The Bertz CT molecular complexity index is 383. The average Bonchev–Trinajstić information content (AvgIpc) is 2.55. The molecule has 1 aliphatic rings. The molecule has 2 nitrogen and oxygen atoms in total. The average molecular weight is 222 g/mol. The van der Waals surface area contributed by atoms with Crippen molar-refractivity contribution in [2.45, 2.75) is 37.9 Å². The van der Waals surface area contributed by atoms with Gasteiger partial charge in [-0.3, -0.25) is 0 Å². The lowest BCUT2D eigenvalue weighted by Crippen LogP contribution is -2.20. The lowest BCUT2D eigenvalue weighted by molar-refractivity contribution is -0.121. The summed E-state index contributed by atoms with van der Waals surface area (Å²) < 4.78 is 18.4. The van der Waals surface area contributed by atoms with Gasteiger partial charge in [0.25, 0.3) is 0 Å². The van der Waals surface area contributed by atoms with Gasteiger partial charge in [-0.2, -0.15) is 0 Å². The summed E-state index contributed by atoms with van der Waals surface area (Å²) in [4.78, 5) is 10.9. The van der Waals surface area contributed by atoms with Crippen LogP contribution in [0.3, 0.4) is 0 Å². The molecule has 0 saturated carbocycles. The van der Waals surface area contributed by atoms with Crippen molar-refractivity contribution in [3.63, 3.8) is 0 Å². The van der Waals surface area contributed by atoms with Gasteiger partial charge < -0.3 is 9.53 Å². The van der Waals surface area contributed by atoms with Crippen molar-refractivity contribution in [2.75, 3.05) is 0 Å². The largest absolute Gasteiger partial charge is 0.364 e. The number of hydrogen-bond acceptors (Lipinski definition) is 2. The van der Waals surface area contributed by atoms with Gasteiger partial charge in [0.2, 0.25) is 0 Å². The first-order valence-corrected chi connectivity index (χ1v) is 5.40. The van der Waals surface area contributed by atoms with E-state index in [4.69, 9.17) is 4.74 Å². The zero-order valence-corrected chi connectivity index (χ0v) is 9.44. The van der Waals surface area contributed by atoms with Crippen molar-refractivity contribution >= 4 is 6.29 Å². The normalized spacial score (nSPS) is 27.9. The van der Waals surface area contributed by atoms with E-state index in [1.54, 1.807) is 12.1 Å². The van der Waals surface area contributed by atoms with E-state index in [0.717, 1.165) is 18.3 Å². The van der Waals surface area contributed by atoms with Crippen LogP contribution in [0.15, 0.2) is 24.3 Å². The first-order valence-electron chi connectivity index (χ1n) is 5.40. The first kappa shape index (κ1) is 11.3. The van der Waals surface area contributed by atoms with Gasteiger partial charge in [-0.05, 0) is 38.0 Å². The Morgan fingerprint density at radius 3 is 2.56 bits per heavy atom. The Kier molecular flexibility index (Phi) is 2.80. The second kappa shape index (κ2) is 3.98. The molecule has 1 aromatic carbocycles. The van der Waals surface area contributed by atoms with Gasteiger partial charge >= 0.3 is 0 Å². The maximum Gasteiger partial charge on any atom is 0.149 e. The van der Waals surface area contributed by atoms with Crippen LogP contribution in [0.1, 0.15) is 31.7 Å². The maximum atomic E-state index is 12.8. The maximum absolute atomic E-state index is 12.8. The fraction of sp³-hybridized carbons (Fsp3) is 0.462. The van der Waals surface area contributed by atoms with Crippen LogP contribution in [0.25, 0.3) is 0 Å². The molecule has 0 aliphatic carbocycles. The highest BCUT2D eigenvalue weighted by Crippen LogP contribution is 2.40. The van der Waals surface area contributed by atoms with E-state index in [2.05, 4.69) is 0 Å². The number of hydrogen-bond donors (Lipinski definition) is 0. The van der Waals surface area contributed by atoms with Gasteiger partial charge in [-0.15, -0.1) is 0 Å². The molecule has 0 N–H and O–H groups in total. The number of benzene rings is 1. The van der Waals surface area contributed by atoms with Gasteiger partial charge in [0, 0.05) is 5.92 Å². The van der Waals surface area contributed by atoms with E-state index in [0.29, 0.717) is 0 Å². The van der Waals surface area contributed by atoms with Crippen molar-refractivity contribution < 1.29 is 13.9 Å². The third-order valence-corrected chi connectivity index (χ3v) is 3.00. The summed E-state index contributed by atoms with van der Waals surface area (Å²) in [5.74, 6) is -0.224. The van der Waals surface area contributed by atoms with Crippen molar-refractivity contribution in [1.82, 2.24) is 0 Å². The van der Waals surface area contributed by atoms with Crippen molar-refractivity contribution in [1.29, 1.82) is 0 Å². The SMILES string of the molecule is CC1(C)C[C@@H](c2ccc(F)cc2)C(C=O)O1. The van der Waals surface area contributed by atoms with Gasteiger partial charge in [0.05, 0.1) is 5.60 Å². The number of halogens is 1. The number of ether oxygens (including phenoxy) is 1. The molecule has 0 amide bonds. The molecule has 1 heterocycles. The van der Waals surface area contributed by atoms with Crippen molar-refractivity contribution in [3.8, 4) is 0 Å². The summed E-state index contributed by atoms with van der Waals surface area (Å²) >= 11 is 0. The first-order chi connectivity index (χ1) is 7.52. The highest BCUT2D eigenvalue weighted by Gasteiger charge is 2.40. The Hall–Kier alpha value is -1.22. The molecule has 1 fully saturated rings. The Balaban J connectivity index is 2.26. The summed E-state index contributed by atoms with van der Waals surface area (Å²) in [5, 5.41) is 0. The summed E-state index contributed by atoms with van der Waals surface area (Å²) in [6.45, 7) is 3.93. The van der Waals surface area contributed by atoms with E-state index in [1.807, 2.05) is 13.8 Å². The number of rotatable bonds is 2. The Morgan fingerprint density at radius 1 is 1.38 bits per heavy atom. The molecule has 0 spiro atoms. The van der Waals surface area contributed by atoms with Gasteiger partial charge in [0.15, 0.2) is 0 Å². The monoisotopic (exact) mass is 222 g/mol. The third-order valence-electron chi connectivity index (χ3n) is 3.00. The summed E-state index contributed by atoms with van der Waals surface area (Å²) in [5.41, 5.74) is 0.675. The van der Waals surface area contributed by atoms with Crippen molar-refractivity contribution in [3.05, 3.63) is 35.6 Å². The lowest BCUT2D eigenvalue weighted by Gasteiger charge is -2.16. The second-order valence-corrected chi connectivity index (χ2v) is 4.84. The van der Waals surface area contributed by atoms with Crippen LogP contribution in [0.5, 0.6) is 0 Å². The smallest absolute Gasteiger partial charge is 0.149 e. The molecule has 3 heteroatoms. The minimum absolute atomic E-state index is 0.0353. The quantitative estimate of drug-likeness (QED) is 0.719. The Morgan fingerprint density at radius 2 is 2.00 bits per heavy atom. The van der Waals surface area contributed by atoms with Gasteiger partial charge in [-0.1, -0.05) is 12.1 Å². The topological polar surface area (TPSA) is 26.3 Å². The summed E-state index contributed by atoms with van der Waals surface area (Å²) in [6.07, 6.45) is 1.20. The zero-order valence-electron chi connectivity index (χ0n) is 9.44. The third kappa shape index (κ3) is 2.14. The highest BCUT2D eigenvalue weighted by molar-refractivity contribution is 5.59. The molecule has 0 radical (unpaired) electrons. The number of carbonyl (C=O) groups excluding carboxylic acids is 1. The van der Waals surface area contributed by atoms with Crippen LogP contribution in [0.2, 0.25) is 0 Å². The van der Waals surface area contributed by atoms with Crippen LogP contribution < -0.4 is 0 Å². The van der Waals surface area contributed by atoms with E-state index < -0.39 is 6.10 Å². The molecule has 2 atom stereocenters. The predicted molar refractivity (Wildman–Crippen MR) is 58.8 cm³/mol. The molecule has 1 unspecified atom stereocenters. The number of aldehydes is 1. The van der Waals surface area contributed by atoms with Crippen LogP contribution in [0.4, 0.5) is 4.39 Å². The standard InChI is InChI=1S/C13H15FO2/c1-13(2)7-11(12(8-15)16-13)9-3-5-10(14)6-4-9/h3-6,8,11-12H,7H2,1-2H3/t11-,12?/m0/s1. The summed E-state index contributed by atoms with van der Waals surface area (Å²) in [6, 6.07) is 6.29. The molecular weight excluding hydrogens is 207 g/mol. The van der Waals surface area contributed by atoms with Crippen molar-refractivity contribution in [2.24, 2.45) is 0 Å². The molecule has 1 aliphatic heterocycles. The molecule has 1 saturated heterocycles. The Labute approximate surface area is 94.4 Å². The van der Waals surface area contributed by atoms with Gasteiger partial charge in [0.1, 0.15) is 18.2 Å². The minimum atomic E-state index is -0.416. The summed E-state index contributed by atoms with van der Waals surface area (Å²) in [7, 11) is 0.